The Morgan fingerprint density at radius 3 is 2.00 bits per heavy atom. The van der Waals surface area contributed by atoms with Crippen LogP contribution in [0.4, 0.5) is 0 Å². The third kappa shape index (κ3) is 2.13. The largest absolute Gasteiger partial charge is 0.390 e. The van der Waals surface area contributed by atoms with Crippen molar-refractivity contribution < 1.29 is 15.1 Å². The highest BCUT2D eigenvalue weighted by Gasteiger charge is 2.41. The van der Waals surface area contributed by atoms with E-state index < -0.39 is 22.7 Å². The van der Waals surface area contributed by atoms with Gasteiger partial charge in [-0.25, -0.2) is 0 Å². The first kappa shape index (κ1) is 10.3. The van der Waals surface area contributed by atoms with Crippen molar-refractivity contribution in [2.75, 3.05) is 0 Å². The van der Waals surface area contributed by atoms with Crippen LogP contribution in [0, 0.1) is 10.1 Å². The molecule has 0 rings (SSSR count). The molecular weight excluding hydrogens is 150 g/mol. The monoisotopic (exact) mass is 163 g/mol. The topological polar surface area (TPSA) is 83.6 Å². The molecule has 0 aliphatic rings. The van der Waals surface area contributed by atoms with Gasteiger partial charge < -0.3 is 10.2 Å². The minimum Gasteiger partial charge on any atom is -0.390 e. The molecule has 0 bridgehead atoms. The number of nitrogens with zero attached hydrogens (tertiary/aromatic N) is 1. The summed E-state index contributed by atoms with van der Waals surface area (Å²) in [4.78, 5) is 9.57. The molecule has 5 nitrogen and oxygen atoms in total. The summed E-state index contributed by atoms with van der Waals surface area (Å²) in [5.74, 6) is 0. The zero-order valence-electron chi connectivity index (χ0n) is 6.81. The lowest BCUT2D eigenvalue weighted by Gasteiger charge is -2.26. The van der Waals surface area contributed by atoms with Crippen molar-refractivity contribution in [2.24, 2.45) is 0 Å². The molecule has 0 amide bonds. The van der Waals surface area contributed by atoms with Crippen molar-refractivity contribution >= 4 is 0 Å². The number of aliphatic hydroxyl groups excluding tert-OH is 1. The van der Waals surface area contributed by atoms with Crippen LogP contribution < -0.4 is 0 Å². The molecule has 0 saturated heterocycles. The maximum Gasteiger partial charge on any atom is 0.240 e. The van der Waals surface area contributed by atoms with Crippen LogP contribution in [0.1, 0.15) is 20.8 Å². The molecule has 0 radical (unpaired) electrons. The summed E-state index contributed by atoms with van der Waals surface area (Å²) in [5.41, 5.74) is -1.66. The van der Waals surface area contributed by atoms with E-state index in [1.165, 1.54) is 20.8 Å². The van der Waals surface area contributed by atoms with Gasteiger partial charge in [-0.2, -0.15) is 0 Å². The van der Waals surface area contributed by atoms with Crippen LogP contribution in [-0.4, -0.2) is 32.9 Å². The van der Waals surface area contributed by atoms with E-state index in [-0.39, 0.29) is 0 Å². The third-order valence-electron chi connectivity index (χ3n) is 2.01. The van der Waals surface area contributed by atoms with Gasteiger partial charge in [-0.15, -0.1) is 0 Å². The predicted molar refractivity (Wildman–Crippen MR) is 38.8 cm³/mol. The number of nitro groups is 1. The van der Waals surface area contributed by atoms with Crippen LogP contribution in [0.3, 0.4) is 0 Å². The fraction of sp³-hybridized carbons (Fsp3) is 1.00. The number of hydrogen-bond donors (Lipinski definition) is 2. The van der Waals surface area contributed by atoms with Gasteiger partial charge in [-0.1, -0.05) is 0 Å². The molecule has 66 valence electrons. The summed E-state index contributed by atoms with van der Waals surface area (Å²) in [7, 11) is 0. The van der Waals surface area contributed by atoms with Crippen LogP contribution in [0.2, 0.25) is 0 Å². The lowest BCUT2D eigenvalue weighted by Crippen LogP contribution is -2.50. The molecule has 0 aliphatic carbocycles. The Kier molecular flexibility index (Phi) is 2.95. The van der Waals surface area contributed by atoms with Crippen molar-refractivity contribution in [2.45, 2.75) is 38.5 Å². The van der Waals surface area contributed by atoms with E-state index in [1.54, 1.807) is 0 Å². The second-order valence-electron chi connectivity index (χ2n) is 2.86. The summed E-state index contributed by atoms with van der Waals surface area (Å²) >= 11 is 0. The summed E-state index contributed by atoms with van der Waals surface area (Å²) in [6.45, 7) is 3.82. The fourth-order valence-corrected chi connectivity index (χ4v) is 0.562. The van der Waals surface area contributed by atoms with E-state index in [4.69, 9.17) is 5.11 Å². The number of rotatable bonds is 3. The van der Waals surface area contributed by atoms with Gasteiger partial charge in [0, 0.05) is 11.8 Å². The molecule has 0 aromatic heterocycles. The first-order valence-electron chi connectivity index (χ1n) is 3.34. The SMILES string of the molecule is CC(O)C(C)(O)C(C)[N+](=O)[O-]. The predicted octanol–water partition coefficient (Wildman–Crippen LogP) is -0.217. The van der Waals surface area contributed by atoms with Crippen molar-refractivity contribution in [3.8, 4) is 0 Å². The van der Waals surface area contributed by atoms with E-state index in [0.29, 0.717) is 0 Å². The minimum absolute atomic E-state index is 0.618. The first-order chi connectivity index (χ1) is 4.80. The van der Waals surface area contributed by atoms with Gasteiger partial charge in [0.15, 0.2) is 5.60 Å². The van der Waals surface area contributed by atoms with Gasteiger partial charge in [-0.3, -0.25) is 10.1 Å². The second kappa shape index (κ2) is 3.15. The van der Waals surface area contributed by atoms with Gasteiger partial charge >= 0.3 is 0 Å². The molecule has 0 aliphatic heterocycles. The van der Waals surface area contributed by atoms with E-state index in [0.717, 1.165) is 0 Å². The lowest BCUT2D eigenvalue weighted by molar-refractivity contribution is -0.543. The van der Waals surface area contributed by atoms with Crippen LogP contribution in [0.25, 0.3) is 0 Å². The molecule has 0 heterocycles. The van der Waals surface area contributed by atoms with E-state index in [2.05, 4.69) is 0 Å². The zero-order chi connectivity index (χ0) is 9.23. The van der Waals surface area contributed by atoms with Crippen molar-refractivity contribution in [1.82, 2.24) is 0 Å². The molecule has 2 N–H and O–H groups in total. The van der Waals surface area contributed by atoms with Crippen molar-refractivity contribution in [3.05, 3.63) is 10.1 Å². The van der Waals surface area contributed by atoms with Gasteiger partial charge in [0.1, 0.15) is 0 Å². The van der Waals surface area contributed by atoms with Crippen LogP contribution >= 0.6 is 0 Å². The summed E-state index contributed by atoms with van der Waals surface area (Å²) in [6.07, 6.45) is -1.11. The maximum absolute atomic E-state index is 10.2. The molecule has 3 atom stereocenters. The minimum atomic E-state index is -1.66. The summed E-state index contributed by atoms with van der Waals surface area (Å²) < 4.78 is 0. The molecule has 11 heavy (non-hydrogen) atoms. The van der Waals surface area contributed by atoms with Gasteiger partial charge in [0.2, 0.25) is 6.04 Å². The van der Waals surface area contributed by atoms with E-state index in [9.17, 15) is 15.2 Å². The van der Waals surface area contributed by atoms with Crippen LogP contribution in [0.5, 0.6) is 0 Å². The molecule has 3 unspecified atom stereocenters. The Morgan fingerprint density at radius 1 is 1.55 bits per heavy atom. The maximum atomic E-state index is 10.2. The van der Waals surface area contributed by atoms with Gasteiger partial charge in [-0.05, 0) is 13.8 Å². The standard InChI is InChI=1S/C6H13NO4/c1-4(7(10)11)6(3,9)5(2)8/h4-5,8-9H,1-3H3. The fourth-order valence-electron chi connectivity index (χ4n) is 0.562. The van der Waals surface area contributed by atoms with Crippen molar-refractivity contribution in [3.63, 3.8) is 0 Å². The molecule has 0 aromatic carbocycles. The zero-order valence-corrected chi connectivity index (χ0v) is 6.81. The first-order valence-corrected chi connectivity index (χ1v) is 3.34. The molecule has 0 fully saturated rings. The van der Waals surface area contributed by atoms with E-state index >= 15 is 0 Å². The van der Waals surface area contributed by atoms with Crippen LogP contribution in [-0.2, 0) is 0 Å². The van der Waals surface area contributed by atoms with Crippen molar-refractivity contribution in [1.29, 1.82) is 0 Å². The van der Waals surface area contributed by atoms with E-state index in [1.807, 2.05) is 0 Å². The highest BCUT2D eigenvalue weighted by molar-refractivity contribution is 4.84. The Bertz CT molecular complexity index is 155. The summed E-state index contributed by atoms with van der Waals surface area (Å²) in [6, 6.07) is -1.16. The highest BCUT2D eigenvalue weighted by atomic mass is 16.6. The third-order valence-corrected chi connectivity index (χ3v) is 2.01. The quantitative estimate of drug-likeness (QED) is 0.445. The number of hydrogen-bond acceptors (Lipinski definition) is 4. The molecule has 0 aromatic rings. The number of aliphatic hydroxyl groups is 2. The Labute approximate surface area is 64.8 Å². The average Bonchev–Trinajstić information content (AvgIpc) is 1.85. The molecular formula is C6H13NO4. The Balaban J connectivity index is 4.41. The Hall–Kier alpha value is -0.680. The molecule has 0 saturated carbocycles. The van der Waals surface area contributed by atoms with Gasteiger partial charge in [0.05, 0.1) is 6.10 Å². The van der Waals surface area contributed by atoms with Gasteiger partial charge in [0.25, 0.3) is 0 Å². The Morgan fingerprint density at radius 2 is 1.91 bits per heavy atom. The van der Waals surface area contributed by atoms with Crippen LogP contribution in [0.15, 0.2) is 0 Å². The molecule has 5 heteroatoms. The molecule has 0 spiro atoms. The average molecular weight is 163 g/mol. The lowest BCUT2D eigenvalue weighted by atomic mass is 9.93. The summed E-state index contributed by atoms with van der Waals surface area (Å²) in [5, 5.41) is 28.5. The highest BCUT2D eigenvalue weighted by Crippen LogP contribution is 2.16. The smallest absolute Gasteiger partial charge is 0.240 e. The normalized spacial score (nSPS) is 21.9. The second-order valence-corrected chi connectivity index (χ2v) is 2.86.